The Balaban J connectivity index is 1.75. The van der Waals surface area contributed by atoms with Crippen molar-refractivity contribution >= 4 is 11.6 Å². The molecular formula is C21H25F2N3O2. The molecule has 1 heterocycles. The number of nitrogens with zero attached hydrogens (tertiary/aromatic N) is 2. The molecule has 2 aromatic carbocycles. The summed E-state index contributed by atoms with van der Waals surface area (Å²) in [4.78, 5) is 16.7. The van der Waals surface area contributed by atoms with Gasteiger partial charge in [-0.15, -0.1) is 0 Å². The molecule has 0 aromatic heterocycles. The van der Waals surface area contributed by atoms with Gasteiger partial charge in [-0.05, 0) is 35.9 Å². The number of ether oxygens (including phenoxy) is 1. The maximum absolute atomic E-state index is 13.4. The lowest BCUT2D eigenvalue weighted by molar-refractivity contribution is 0.0162. The van der Waals surface area contributed by atoms with Crippen molar-refractivity contribution in [3.05, 3.63) is 65.2 Å². The Bertz CT molecular complexity index is 806. The van der Waals surface area contributed by atoms with Crippen LogP contribution in [-0.4, -0.2) is 57.8 Å². The maximum Gasteiger partial charge on any atom is 0.251 e. The van der Waals surface area contributed by atoms with E-state index in [0.717, 1.165) is 36.5 Å². The lowest BCUT2D eigenvalue weighted by atomic mass is 10.0. The van der Waals surface area contributed by atoms with Gasteiger partial charge in [-0.2, -0.15) is 0 Å². The zero-order chi connectivity index (χ0) is 20.1. The van der Waals surface area contributed by atoms with Crippen LogP contribution in [-0.2, 0) is 4.74 Å². The smallest absolute Gasteiger partial charge is 0.251 e. The molecule has 1 fully saturated rings. The van der Waals surface area contributed by atoms with Gasteiger partial charge >= 0.3 is 0 Å². The van der Waals surface area contributed by atoms with Crippen LogP contribution in [0.2, 0.25) is 0 Å². The van der Waals surface area contributed by atoms with E-state index in [1.807, 2.05) is 31.1 Å². The molecule has 7 heteroatoms. The van der Waals surface area contributed by atoms with Crippen molar-refractivity contribution < 1.29 is 18.3 Å². The fraction of sp³-hybridized carbons (Fsp3) is 0.381. The van der Waals surface area contributed by atoms with Crippen LogP contribution in [0.5, 0.6) is 0 Å². The summed E-state index contributed by atoms with van der Waals surface area (Å²) >= 11 is 0. The average Bonchev–Trinajstić information content (AvgIpc) is 2.71. The molecule has 1 aliphatic heterocycles. The van der Waals surface area contributed by atoms with Crippen LogP contribution in [0.3, 0.4) is 0 Å². The van der Waals surface area contributed by atoms with Gasteiger partial charge in [0, 0.05) is 45.0 Å². The van der Waals surface area contributed by atoms with E-state index in [9.17, 15) is 13.6 Å². The Morgan fingerprint density at radius 3 is 2.39 bits per heavy atom. The molecule has 0 unspecified atom stereocenters. The monoisotopic (exact) mass is 389 g/mol. The van der Waals surface area contributed by atoms with E-state index in [4.69, 9.17) is 4.74 Å². The minimum absolute atomic E-state index is 0.0330. The molecule has 0 aliphatic carbocycles. The van der Waals surface area contributed by atoms with Crippen LogP contribution >= 0.6 is 0 Å². The second kappa shape index (κ2) is 9.12. The van der Waals surface area contributed by atoms with Crippen molar-refractivity contribution in [3.8, 4) is 0 Å². The number of anilines is 1. The first-order valence-electron chi connectivity index (χ1n) is 9.28. The molecule has 150 valence electrons. The molecule has 0 spiro atoms. The first-order valence-corrected chi connectivity index (χ1v) is 9.28. The maximum atomic E-state index is 13.4. The van der Waals surface area contributed by atoms with E-state index in [1.54, 1.807) is 0 Å². The summed E-state index contributed by atoms with van der Waals surface area (Å²) < 4.78 is 32.0. The van der Waals surface area contributed by atoms with E-state index in [1.165, 1.54) is 6.07 Å². The summed E-state index contributed by atoms with van der Waals surface area (Å²) in [7, 11) is 3.97. The average molecular weight is 389 g/mol. The lowest BCUT2D eigenvalue weighted by Gasteiger charge is -2.35. The Hall–Kier alpha value is -2.51. The first kappa shape index (κ1) is 20.2. The lowest BCUT2D eigenvalue weighted by Crippen LogP contribution is -2.43. The molecule has 1 atom stereocenters. The van der Waals surface area contributed by atoms with Gasteiger partial charge in [0.15, 0.2) is 11.6 Å². The summed E-state index contributed by atoms with van der Waals surface area (Å²) in [5, 5.41) is 2.86. The number of rotatable bonds is 6. The molecule has 1 amide bonds. The van der Waals surface area contributed by atoms with Gasteiger partial charge < -0.3 is 15.0 Å². The molecule has 5 nitrogen and oxygen atoms in total. The van der Waals surface area contributed by atoms with E-state index in [0.29, 0.717) is 19.8 Å². The number of carbonyl (C=O) groups excluding carboxylic acids is 1. The van der Waals surface area contributed by atoms with Gasteiger partial charge in [-0.3, -0.25) is 9.69 Å². The molecule has 0 bridgehead atoms. The van der Waals surface area contributed by atoms with Crippen LogP contribution in [0.1, 0.15) is 22.0 Å². The van der Waals surface area contributed by atoms with Crippen molar-refractivity contribution in [3.63, 3.8) is 0 Å². The van der Waals surface area contributed by atoms with Crippen molar-refractivity contribution in [2.24, 2.45) is 0 Å². The van der Waals surface area contributed by atoms with Gasteiger partial charge in [0.1, 0.15) is 0 Å². The SMILES string of the molecule is CN(C)c1ccc([C@@H](CNC(=O)c2ccc(F)c(F)c2)N2CCOCC2)cc1. The number of carbonyl (C=O) groups is 1. The highest BCUT2D eigenvalue weighted by atomic mass is 19.2. The molecule has 3 rings (SSSR count). The highest BCUT2D eigenvalue weighted by Crippen LogP contribution is 2.24. The summed E-state index contributed by atoms with van der Waals surface area (Å²) in [6, 6.07) is 11.3. The predicted molar refractivity (Wildman–Crippen MR) is 105 cm³/mol. The predicted octanol–water partition coefficient (Wildman–Crippen LogP) is 2.83. The quantitative estimate of drug-likeness (QED) is 0.825. The Labute approximate surface area is 163 Å². The van der Waals surface area contributed by atoms with Crippen LogP contribution < -0.4 is 10.2 Å². The third-order valence-electron chi connectivity index (χ3n) is 4.92. The van der Waals surface area contributed by atoms with E-state index < -0.39 is 17.5 Å². The zero-order valence-electron chi connectivity index (χ0n) is 16.1. The number of hydrogen-bond acceptors (Lipinski definition) is 4. The molecule has 0 radical (unpaired) electrons. The van der Waals surface area contributed by atoms with Crippen molar-refractivity contribution in [1.82, 2.24) is 10.2 Å². The van der Waals surface area contributed by atoms with Crippen LogP contribution in [0.4, 0.5) is 14.5 Å². The van der Waals surface area contributed by atoms with Gasteiger partial charge in [0.2, 0.25) is 0 Å². The molecule has 1 aliphatic rings. The summed E-state index contributed by atoms with van der Waals surface area (Å²) in [5.41, 5.74) is 2.27. The fourth-order valence-electron chi connectivity index (χ4n) is 3.27. The van der Waals surface area contributed by atoms with Crippen molar-refractivity contribution in [2.45, 2.75) is 6.04 Å². The molecule has 2 aromatic rings. The van der Waals surface area contributed by atoms with Gasteiger partial charge in [-0.25, -0.2) is 8.78 Å². The second-order valence-electron chi connectivity index (χ2n) is 6.99. The Kier molecular flexibility index (Phi) is 6.59. The van der Waals surface area contributed by atoms with Crippen LogP contribution in [0, 0.1) is 11.6 Å². The number of benzene rings is 2. The molecule has 1 saturated heterocycles. The highest BCUT2D eigenvalue weighted by molar-refractivity contribution is 5.94. The molecule has 0 saturated carbocycles. The number of morpholine rings is 1. The third kappa shape index (κ3) is 4.85. The van der Waals surface area contributed by atoms with Gasteiger partial charge in [0.05, 0.1) is 19.3 Å². The van der Waals surface area contributed by atoms with E-state index in [-0.39, 0.29) is 11.6 Å². The first-order chi connectivity index (χ1) is 13.5. The topological polar surface area (TPSA) is 44.8 Å². The normalized spacial score (nSPS) is 15.9. The number of halogens is 2. The number of hydrogen-bond donors (Lipinski definition) is 1. The van der Waals surface area contributed by atoms with Crippen molar-refractivity contribution in [1.29, 1.82) is 0 Å². The Morgan fingerprint density at radius 2 is 1.79 bits per heavy atom. The summed E-state index contributed by atoms with van der Waals surface area (Å²) in [6.07, 6.45) is 0. The molecular weight excluding hydrogens is 364 g/mol. The fourth-order valence-corrected chi connectivity index (χ4v) is 3.27. The minimum atomic E-state index is -1.03. The summed E-state index contributed by atoms with van der Waals surface area (Å²) in [6.45, 7) is 3.17. The second-order valence-corrected chi connectivity index (χ2v) is 6.99. The zero-order valence-corrected chi connectivity index (χ0v) is 16.1. The molecule has 28 heavy (non-hydrogen) atoms. The summed E-state index contributed by atoms with van der Waals surface area (Å²) in [5.74, 6) is -2.43. The van der Waals surface area contributed by atoms with E-state index in [2.05, 4.69) is 22.3 Å². The standard InChI is InChI=1S/C21H25F2N3O2/c1-25(2)17-6-3-15(4-7-17)20(26-9-11-28-12-10-26)14-24-21(27)16-5-8-18(22)19(23)13-16/h3-8,13,20H,9-12,14H2,1-2H3,(H,24,27)/t20-/m1/s1. The Morgan fingerprint density at radius 1 is 1.11 bits per heavy atom. The van der Waals surface area contributed by atoms with E-state index >= 15 is 0 Å². The molecule has 1 N–H and O–H groups in total. The minimum Gasteiger partial charge on any atom is -0.379 e. The van der Waals surface area contributed by atoms with Crippen LogP contribution in [0.25, 0.3) is 0 Å². The largest absolute Gasteiger partial charge is 0.379 e. The number of amides is 1. The highest BCUT2D eigenvalue weighted by Gasteiger charge is 2.23. The third-order valence-corrected chi connectivity index (χ3v) is 4.92. The van der Waals surface area contributed by atoms with Gasteiger partial charge in [-0.1, -0.05) is 12.1 Å². The van der Waals surface area contributed by atoms with Gasteiger partial charge in [0.25, 0.3) is 5.91 Å². The number of nitrogens with one attached hydrogen (secondary N) is 1. The van der Waals surface area contributed by atoms with Crippen molar-refractivity contribution in [2.75, 3.05) is 51.8 Å². The van der Waals surface area contributed by atoms with Crippen LogP contribution in [0.15, 0.2) is 42.5 Å².